The molecule has 1 amide bonds. The van der Waals surface area contributed by atoms with Crippen molar-refractivity contribution in [3.05, 3.63) is 71.3 Å². The summed E-state index contributed by atoms with van der Waals surface area (Å²) in [5.41, 5.74) is 2.20. The smallest absolute Gasteiger partial charge is 0.220 e. The third-order valence-corrected chi connectivity index (χ3v) is 5.09. The number of hydrogen-bond donors (Lipinski definition) is 1. The van der Waals surface area contributed by atoms with Crippen molar-refractivity contribution in [1.29, 1.82) is 0 Å². The van der Waals surface area contributed by atoms with Crippen LogP contribution in [0.3, 0.4) is 0 Å². The summed E-state index contributed by atoms with van der Waals surface area (Å²) in [4.78, 5) is 14.1. The molecule has 4 rings (SSSR count). The Kier molecular flexibility index (Phi) is 3.60. The van der Waals surface area contributed by atoms with Gasteiger partial charge in [-0.15, -0.1) is 0 Å². The van der Waals surface area contributed by atoms with Crippen molar-refractivity contribution in [3.63, 3.8) is 0 Å². The van der Waals surface area contributed by atoms with Crippen molar-refractivity contribution in [2.45, 2.75) is 18.9 Å². The fraction of sp³-hybridized carbons (Fsp3) is 0.250. The number of benzene rings is 2. The van der Waals surface area contributed by atoms with Crippen molar-refractivity contribution in [2.75, 3.05) is 18.4 Å². The molecule has 128 valence electrons. The summed E-state index contributed by atoms with van der Waals surface area (Å²) >= 11 is 0. The number of rotatable bonds is 1. The molecule has 1 unspecified atom stereocenters. The number of nitrogens with one attached hydrogen (secondary N) is 1. The van der Waals surface area contributed by atoms with E-state index in [1.54, 1.807) is 4.90 Å². The number of nitrogens with zero attached hydrogens (tertiary/aromatic N) is 1. The molecule has 2 aliphatic heterocycles. The minimum atomic E-state index is -0.623. The Morgan fingerprint density at radius 1 is 1.20 bits per heavy atom. The maximum Gasteiger partial charge on any atom is 0.220 e. The van der Waals surface area contributed by atoms with Crippen molar-refractivity contribution in [1.82, 2.24) is 4.90 Å². The number of hydrogen-bond acceptors (Lipinski definition) is 2. The summed E-state index contributed by atoms with van der Waals surface area (Å²) in [7, 11) is 0. The van der Waals surface area contributed by atoms with Crippen molar-refractivity contribution < 1.29 is 13.6 Å². The molecular weight excluding hydrogens is 322 g/mol. The maximum absolute atomic E-state index is 14.3. The van der Waals surface area contributed by atoms with Crippen LogP contribution in [-0.2, 0) is 10.3 Å². The zero-order chi connectivity index (χ0) is 17.6. The summed E-state index contributed by atoms with van der Waals surface area (Å²) in [5.74, 6) is -1.05. The van der Waals surface area contributed by atoms with E-state index in [0.717, 1.165) is 23.4 Å². The molecule has 2 heterocycles. The van der Waals surface area contributed by atoms with E-state index in [2.05, 4.69) is 5.32 Å². The zero-order valence-electron chi connectivity index (χ0n) is 13.9. The lowest BCUT2D eigenvalue weighted by molar-refractivity contribution is -0.132. The predicted octanol–water partition coefficient (Wildman–Crippen LogP) is 3.92. The molecule has 2 aromatic carbocycles. The van der Waals surface area contributed by atoms with E-state index in [1.165, 1.54) is 13.0 Å². The minimum absolute atomic E-state index is 0.0836. The third-order valence-electron chi connectivity index (χ3n) is 5.09. The van der Waals surface area contributed by atoms with E-state index in [0.29, 0.717) is 18.5 Å². The Hall–Kier alpha value is -2.69. The van der Waals surface area contributed by atoms with E-state index in [1.807, 2.05) is 30.3 Å². The lowest BCUT2D eigenvalue weighted by Gasteiger charge is -2.42. The third kappa shape index (κ3) is 2.42. The number of carbonyl (C=O) groups excluding carboxylic acids is 1. The lowest BCUT2D eigenvalue weighted by Crippen LogP contribution is -2.47. The molecule has 0 saturated carbocycles. The maximum atomic E-state index is 14.3. The van der Waals surface area contributed by atoms with Crippen LogP contribution in [-0.4, -0.2) is 23.9 Å². The second kappa shape index (κ2) is 5.69. The molecule has 1 N–H and O–H groups in total. The molecule has 0 saturated heterocycles. The van der Waals surface area contributed by atoms with Gasteiger partial charge in [-0.05, 0) is 42.3 Å². The van der Waals surface area contributed by atoms with Crippen molar-refractivity contribution in [2.24, 2.45) is 0 Å². The van der Waals surface area contributed by atoms with Crippen LogP contribution in [0.5, 0.6) is 0 Å². The molecule has 0 aliphatic carbocycles. The molecule has 3 nitrogen and oxygen atoms in total. The number of anilines is 1. The van der Waals surface area contributed by atoms with Gasteiger partial charge in [0.1, 0.15) is 11.6 Å². The fourth-order valence-electron chi connectivity index (χ4n) is 3.99. The summed E-state index contributed by atoms with van der Waals surface area (Å²) in [6.45, 7) is 2.49. The first-order valence-corrected chi connectivity index (χ1v) is 8.30. The largest absolute Gasteiger partial charge is 0.385 e. The van der Waals surface area contributed by atoms with E-state index in [9.17, 15) is 13.6 Å². The van der Waals surface area contributed by atoms with Crippen molar-refractivity contribution in [3.8, 4) is 0 Å². The highest BCUT2D eigenvalue weighted by Crippen LogP contribution is 2.47. The number of amides is 1. The number of fused-ring (bicyclic) bond motifs is 2. The first-order valence-electron chi connectivity index (χ1n) is 8.30. The molecule has 0 bridgehead atoms. The molecule has 0 radical (unpaired) electrons. The highest BCUT2D eigenvalue weighted by molar-refractivity contribution is 5.84. The first-order chi connectivity index (χ1) is 12.0. The highest BCUT2D eigenvalue weighted by Gasteiger charge is 2.46. The topological polar surface area (TPSA) is 32.3 Å². The summed E-state index contributed by atoms with van der Waals surface area (Å²) < 4.78 is 27.9. The number of para-hydroxylation sites is 1. The molecule has 25 heavy (non-hydrogen) atoms. The summed E-state index contributed by atoms with van der Waals surface area (Å²) in [6.07, 6.45) is 2.62. The molecule has 0 aromatic heterocycles. The highest BCUT2D eigenvalue weighted by atomic mass is 19.1. The Labute approximate surface area is 145 Å². The quantitative estimate of drug-likeness (QED) is 0.853. The van der Waals surface area contributed by atoms with Gasteiger partial charge in [0.05, 0.1) is 5.54 Å². The predicted molar refractivity (Wildman–Crippen MR) is 92.9 cm³/mol. The van der Waals surface area contributed by atoms with E-state index >= 15 is 0 Å². The normalized spacial score (nSPS) is 21.7. The van der Waals surface area contributed by atoms with E-state index in [4.69, 9.17) is 0 Å². The molecule has 0 fully saturated rings. The Morgan fingerprint density at radius 2 is 2.00 bits per heavy atom. The summed E-state index contributed by atoms with van der Waals surface area (Å²) in [6, 6.07) is 11.3. The van der Waals surface area contributed by atoms with Crippen molar-refractivity contribution >= 4 is 17.2 Å². The molecule has 2 aliphatic rings. The molecule has 5 heteroatoms. The molecular formula is C20H18F2N2O. The van der Waals surface area contributed by atoms with Gasteiger partial charge in [-0.25, -0.2) is 8.78 Å². The average Bonchev–Trinajstić information content (AvgIpc) is 2.98. The van der Waals surface area contributed by atoms with Crippen LogP contribution >= 0.6 is 0 Å². The average molecular weight is 340 g/mol. The molecule has 1 atom stereocenters. The van der Waals surface area contributed by atoms with Gasteiger partial charge in [0.2, 0.25) is 5.91 Å². The van der Waals surface area contributed by atoms with Gasteiger partial charge in [-0.1, -0.05) is 18.2 Å². The van der Waals surface area contributed by atoms with Crippen LogP contribution in [0.1, 0.15) is 24.5 Å². The number of carbonyl (C=O) groups is 1. The van der Waals surface area contributed by atoms with Gasteiger partial charge < -0.3 is 10.2 Å². The SMILES string of the molecule is CC(=O)N1CC(c2cc(F)ccc2F)=CC12CCNc1ccccc12. The molecule has 1 spiro atoms. The Bertz CT molecular complexity index is 893. The van der Waals surface area contributed by atoms with Crippen LogP contribution < -0.4 is 5.32 Å². The van der Waals surface area contributed by atoms with Crippen LogP contribution in [0.4, 0.5) is 14.5 Å². The van der Waals surface area contributed by atoms with Crippen LogP contribution in [0.15, 0.2) is 48.5 Å². The first kappa shape index (κ1) is 15.8. The number of halogens is 2. The van der Waals surface area contributed by atoms with E-state index in [-0.39, 0.29) is 18.0 Å². The van der Waals surface area contributed by atoms with Gasteiger partial charge in [0.25, 0.3) is 0 Å². The van der Waals surface area contributed by atoms with Gasteiger partial charge in [-0.3, -0.25) is 4.79 Å². The molecule has 2 aromatic rings. The minimum Gasteiger partial charge on any atom is -0.385 e. The van der Waals surface area contributed by atoms with Gasteiger partial charge in [0, 0.05) is 36.8 Å². The summed E-state index contributed by atoms with van der Waals surface area (Å²) in [5, 5.41) is 3.35. The Balaban J connectivity index is 1.90. The van der Waals surface area contributed by atoms with E-state index < -0.39 is 17.2 Å². The van der Waals surface area contributed by atoms with Crippen LogP contribution in [0, 0.1) is 11.6 Å². The lowest BCUT2D eigenvalue weighted by atomic mass is 9.82. The van der Waals surface area contributed by atoms with Crippen LogP contribution in [0.2, 0.25) is 0 Å². The van der Waals surface area contributed by atoms with Gasteiger partial charge in [-0.2, -0.15) is 0 Å². The standard InChI is InChI=1S/C20H18F2N2O/c1-13(25)24-12-14(16-10-15(21)6-7-18(16)22)11-20(24)8-9-23-19-5-3-2-4-17(19)20/h2-7,10-11,23H,8-9,12H2,1H3. The second-order valence-corrected chi connectivity index (χ2v) is 6.55. The zero-order valence-corrected chi connectivity index (χ0v) is 13.9. The Morgan fingerprint density at radius 3 is 2.80 bits per heavy atom. The van der Waals surface area contributed by atoms with Gasteiger partial charge >= 0.3 is 0 Å². The van der Waals surface area contributed by atoms with Gasteiger partial charge in [0.15, 0.2) is 0 Å². The monoisotopic (exact) mass is 340 g/mol. The van der Waals surface area contributed by atoms with Crippen LogP contribution in [0.25, 0.3) is 5.57 Å². The fourth-order valence-corrected chi connectivity index (χ4v) is 3.99. The second-order valence-electron chi connectivity index (χ2n) is 6.55.